The third kappa shape index (κ3) is 4.28. The predicted octanol–water partition coefficient (Wildman–Crippen LogP) is 5.97. The van der Waals surface area contributed by atoms with E-state index in [0.717, 1.165) is 34.0 Å². The molecule has 0 unspecified atom stereocenters. The summed E-state index contributed by atoms with van der Waals surface area (Å²) in [5.74, 6) is 1.60. The molecule has 0 aliphatic heterocycles. The van der Waals surface area contributed by atoms with Gasteiger partial charge in [-0.15, -0.1) is 0 Å². The van der Waals surface area contributed by atoms with Gasteiger partial charge in [-0.05, 0) is 50.3 Å². The molecule has 128 valence electrons. The van der Waals surface area contributed by atoms with E-state index in [2.05, 4.69) is 19.6 Å². The molecule has 0 radical (unpaired) electrons. The summed E-state index contributed by atoms with van der Waals surface area (Å²) < 4.78 is 11.9. The molecule has 0 N–H and O–H groups in total. The van der Waals surface area contributed by atoms with Gasteiger partial charge in [0, 0.05) is 5.56 Å². The lowest BCUT2D eigenvalue weighted by Crippen LogP contribution is -2.29. The van der Waals surface area contributed by atoms with E-state index in [1.165, 1.54) is 0 Å². The van der Waals surface area contributed by atoms with Gasteiger partial charge < -0.3 is 8.84 Å². The van der Waals surface area contributed by atoms with Gasteiger partial charge in [-0.25, -0.2) is 4.99 Å². The molecule has 3 aromatic rings. The lowest BCUT2D eigenvalue weighted by Gasteiger charge is -2.20. The van der Waals surface area contributed by atoms with Crippen LogP contribution >= 0.6 is 0 Å². The Bertz CT molecular complexity index is 876. The number of aryl methyl sites for hydroxylation is 1. The number of aliphatic imine (C=N–C) groups is 1. The molecular weight excluding hydrogens is 326 g/mol. The van der Waals surface area contributed by atoms with Crippen molar-refractivity contribution in [2.45, 2.75) is 26.6 Å². The van der Waals surface area contributed by atoms with Crippen molar-refractivity contribution in [1.82, 2.24) is 0 Å². The summed E-state index contributed by atoms with van der Waals surface area (Å²) in [5, 5.41) is 0. The standard InChI is InChI=1S/C21H23NO2Si/c1-16-14-15-23-21(16)20(17-10-6-5-7-11-17)22-18-12-8-9-13-19(18)24-25(2,3)4/h5-15H,1-4H3. The SMILES string of the molecule is Cc1ccoc1C(=Nc1ccccc1O[Si](C)(C)C)c1ccccc1. The molecule has 2 aromatic carbocycles. The summed E-state index contributed by atoms with van der Waals surface area (Å²) in [7, 11) is -1.73. The lowest BCUT2D eigenvalue weighted by molar-refractivity contribution is 0.554. The van der Waals surface area contributed by atoms with E-state index in [-0.39, 0.29) is 0 Å². The molecule has 0 bridgehead atoms. The van der Waals surface area contributed by atoms with Gasteiger partial charge in [-0.3, -0.25) is 0 Å². The maximum atomic E-state index is 6.22. The van der Waals surface area contributed by atoms with E-state index in [4.69, 9.17) is 13.8 Å². The van der Waals surface area contributed by atoms with Crippen LogP contribution in [0.4, 0.5) is 5.69 Å². The third-order valence-electron chi connectivity index (χ3n) is 3.64. The summed E-state index contributed by atoms with van der Waals surface area (Å²) in [6, 6.07) is 20.0. The Morgan fingerprint density at radius 3 is 2.24 bits per heavy atom. The van der Waals surface area contributed by atoms with Crippen molar-refractivity contribution in [2.75, 3.05) is 0 Å². The van der Waals surface area contributed by atoms with Gasteiger partial charge in [0.1, 0.15) is 17.1 Å². The number of rotatable bonds is 5. The van der Waals surface area contributed by atoms with Crippen LogP contribution in [0.3, 0.4) is 0 Å². The van der Waals surface area contributed by atoms with E-state index in [1.54, 1.807) is 6.26 Å². The second-order valence-electron chi connectivity index (χ2n) is 6.94. The van der Waals surface area contributed by atoms with Gasteiger partial charge in [-0.2, -0.15) is 0 Å². The van der Waals surface area contributed by atoms with Crippen LogP contribution in [0.2, 0.25) is 19.6 Å². The van der Waals surface area contributed by atoms with Crippen molar-refractivity contribution in [3.8, 4) is 5.75 Å². The monoisotopic (exact) mass is 349 g/mol. The van der Waals surface area contributed by atoms with Crippen molar-refractivity contribution in [2.24, 2.45) is 4.99 Å². The molecule has 25 heavy (non-hydrogen) atoms. The molecule has 1 heterocycles. The lowest BCUT2D eigenvalue weighted by atomic mass is 10.1. The van der Waals surface area contributed by atoms with E-state index in [9.17, 15) is 0 Å². The Labute approximate surface area is 150 Å². The molecule has 3 nitrogen and oxygen atoms in total. The minimum Gasteiger partial charge on any atom is -0.543 e. The van der Waals surface area contributed by atoms with E-state index in [0.29, 0.717) is 0 Å². The summed E-state index contributed by atoms with van der Waals surface area (Å²) in [5.41, 5.74) is 3.71. The molecule has 3 rings (SSSR count). The maximum Gasteiger partial charge on any atom is 0.242 e. The van der Waals surface area contributed by atoms with Crippen molar-refractivity contribution >= 4 is 19.7 Å². The average molecular weight is 350 g/mol. The number of nitrogens with zero attached hydrogens (tertiary/aromatic N) is 1. The van der Waals surface area contributed by atoms with Crippen LogP contribution in [0.1, 0.15) is 16.9 Å². The smallest absolute Gasteiger partial charge is 0.242 e. The highest BCUT2D eigenvalue weighted by Gasteiger charge is 2.19. The van der Waals surface area contributed by atoms with Gasteiger partial charge in [0.05, 0.1) is 6.26 Å². The summed E-state index contributed by atoms with van der Waals surface area (Å²) in [4.78, 5) is 4.94. The van der Waals surface area contributed by atoms with Gasteiger partial charge >= 0.3 is 0 Å². The van der Waals surface area contributed by atoms with Gasteiger partial charge in [0.2, 0.25) is 8.32 Å². The molecule has 4 heteroatoms. The van der Waals surface area contributed by atoms with E-state index in [1.807, 2.05) is 67.6 Å². The molecule has 0 amide bonds. The summed E-state index contributed by atoms with van der Waals surface area (Å²) >= 11 is 0. The number of hydrogen-bond donors (Lipinski definition) is 0. The van der Waals surface area contributed by atoms with Crippen LogP contribution < -0.4 is 4.43 Å². The van der Waals surface area contributed by atoms with Gasteiger partial charge in [0.25, 0.3) is 0 Å². The molecule has 0 aliphatic rings. The minimum absolute atomic E-state index is 0.786. The maximum absolute atomic E-state index is 6.22. The average Bonchev–Trinajstić information content (AvgIpc) is 2.99. The zero-order chi connectivity index (χ0) is 17.9. The van der Waals surface area contributed by atoms with Crippen LogP contribution in [-0.2, 0) is 0 Å². The zero-order valence-electron chi connectivity index (χ0n) is 15.1. The molecule has 0 fully saturated rings. The Hall–Kier alpha value is -2.59. The fourth-order valence-electron chi connectivity index (χ4n) is 2.54. The van der Waals surface area contributed by atoms with Crippen molar-refractivity contribution in [3.05, 3.63) is 83.8 Å². The van der Waals surface area contributed by atoms with Crippen LogP contribution in [0.5, 0.6) is 5.75 Å². The fourth-order valence-corrected chi connectivity index (χ4v) is 3.38. The van der Waals surface area contributed by atoms with E-state index < -0.39 is 8.32 Å². The highest BCUT2D eigenvalue weighted by molar-refractivity contribution is 6.70. The Kier molecular flexibility index (Phi) is 4.90. The van der Waals surface area contributed by atoms with Crippen LogP contribution in [0.15, 0.2) is 76.3 Å². The Morgan fingerprint density at radius 2 is 1.60 bits per heavy atom. The van der Waals surface area contributed by atoms with Crippen LogP contribution in [0.25, 0.3) is 0 Å². The van der Waals surface area contributed by atoms with Crippen molar-refractivity contribution in [1.29, 1.82) is 0 Å². The molecular formula is C21H23NO2Si. The third-order valence-corrected chi connectivity index (χ3v) is 4.47. The molecule has 0 saturated carbocycles. The quantitative estimate of drug-likeness (QED) is 0.420. The zero-order valence-corrected chi connectivity index (χ0v) is 16.1. The first-order valence-corrected chi connectivity index (χ1v) is 11.8. The first-order valence-electron chi connectivity index (χ1n) is 8.41. The van der Waals surface area contributed by atoms with Gasteiger partial charge in [0.15, 0.2) is 5.76 Å². The van der Waals surface area contributed by atoms with Crippen molar-refractivity contribution in [3.63, 3.8) is 0 Å². The number of para-hydroxylation sites is 2. The highest BCUT2D eigenvalue weighted by Crippen LogP contribution is 2.31. The molecule has 0 spiro atoms. The number of furan rings is 1. The first-order chi connectivity index (χ1) is 11.9. The topological polar surface area (TPSA) is 34.7 Å². The summed E-state index contributed by atoms with van der Waals surface area (Å²) in [6.07, 6.45) is 1.70. The number of benzene rings is 2. The molecule has 0 atom stereocenters. The molecule has 0 aliphatic carbocycles. The Balaban J connectivity index is 2.14. The first kappa shape index (κ1) is 17.2. The highest BCUT2D eigenvalue weighted by atomic mass is 28.4. The van der Waals surface area contributed by atoms with Crippen LogP contribution in [0, 0.1) is 6.92 Å². The normalized spacial score (nSPS) is 12.2. The second kappa shape index (κ2) is 7.11. The van der Waals surface area contributed by atoms with Crippen LogP contribution in [-0.4, -0.2) is 14.0 Å². The number of hydrogen-bond acceptors (Lipinski definition) is 3. The predicted molar refractivity (Wildman–Crippen MR) is 106 cm³/mol. The fraction of sp³-hybridized carbons (Fsp3) is 0.190. The van der Waals surface area contributed by atoms with Gasteiger partial charge in [-0.1, -0.05) is 42.5 Å². The van der Waals surface area contributed by atoms with Crippen molar-refractivity contribution < 1.29 is 8.84 Å². The summed E-state index contributed by atoms with van der Waals surface area (Å²) in [6.45, 7) is 8.54. The molecule has 0 saturated heterocycles. The van der Waals surface area contributed by atoms with E-state index >= 15 is 0 Å². The Morgan fingerprint density at radius 1 is 0.920 bits per heavy atom. The minimum atomic E-state index is -1.73. The largest absolute Gasteiger partial charge is 0.543 e. The molecule has 1 aromatic heterocycles. The second-order valence-corrected chi connectivity index (χ2v) is 11.4.